The molecular weight excluding hydrogens is 867 g/mol. The largest absolute Gasteiger partial charge is 0.456 e. The van der Waals surface area contributed by atoms with Crippen molar-refractivity contribution in [3.63, 3.8) is 0 Å². The van der Waals surface area contributed by atoms with E-state index in [-0.39, 0.29) is 0 Å². The van der Waals surface area contributed by atoms with Crippen molar-refractivity contribution in [2.24, 2.45) is 0 Å². The first-order chi connectivity index (χ1) is 35.2. The maximum Gasteiger partial charge on any atom is 0.164 e. The highest BCUT2D eigenvalue weighted by Gasteiger charge is 2.24. The molecule has 0 saturated heterocycles. The second-order valence-electron chi connectivity index (χ2n) is 18.3. The molecule has 15 rings (SSSR count). The van der Waals surface area contributed by atoms with Gasteiger partial charge in [0.15, 0.2) is 17.5 Å². The molecule has 4 aromatic heterocycles. The molecular formula is C65H39N5O. The molecule has 11 aromatic carbocycles. The highest BCUT2D eigenvalue weighted by molar-refractivity contribution is 6.18. The summed E-state index contributed by atoms with van der Waals surface area (Å²) >= 11 is 0. The Bertz CT molecular complexity index is 4640. The van der Waals surface area contributed by atoms with E-state index in [1.165, 1.54) is 21.5 Å². The summed E-state index contributed by atoms with van der Waals surface area (Å²) in [6, 6.07) is 83.9. The molecule has 0 atom stereocenters. The van der Waals surface area contributed by atoms with Gasteiger partial charge in [0.25, 0.3) is 0 Å². The van der Waals surface area contributed by atoms with Crippen LogP contribution in [0.1, 0.15) is 0 Å². The van der Waals surface area contributed by atoms with Crippen LogP contribution in [0.15, 0.2) is 241 Å². The van der Waals surface area contributed by atoms with Gasteiger partial charge in [-0.25, -0.2) is 15.0 Å². The summed E-state index contributed by atoms with van der Waals surface area (Å²) in [5, 5.41) is 11.4. The highest BCUT2D eigenvalue weighted by Crippen LogP contribution is 2.45. The fraction of sp³-hybridized carbons (Fsp3) is 0. The highest BCUT2D eigenvalue weighted by atomic mass is 16.3. The molecule has 6 heteroatoms. The van der Waals surface area contributed by atoms with E-state index < -0.39 is 0 Å². The maximum absolute atomic E-state index is 6.74. The molecule has 0 aliphatic heterocycles. The van der Waals surface area contributed by atoms with E-state index in [9.17, 15) is 0 Å². The van der Waals surface area contributed by atoms with Crippen LogP contribution in [0.5, 0.6) is 0 Å². The Balaban J connectivity index is 1.04. The van der Waals surface area contributed by atoms with Gasteiger partial charge in [-0.05, 0) is 112 Å². The first-order valence-electron chi connectivity index (χ1n) is 24.0. The Labute approximate surface area is 407 Å². The minimum atomic E-state index is 0.572. The molecule has 0 aliphatic carbocycles. The van der Waals surface area contributed by atoms with Crippen LogP contribution in [0.2, 0.25) is 0 Å². The molecule has 0 fully saturated rings. The summed E-state index contributed by atoms with van der Waals surface area (Å²) in [4.78, 5) is 16.3. The smallest absolute Gasteiger partial charge is 0.164 e. The van der Waals surface area contributed by atoms with Crippen molar-refractivity contribution < 1.29 is 4.42 Å². The van der Waals surface area contributed by atoms with Gasteiger partial charge in [-0.1, -0.05) is 158 Å². The normalized spacial score (nSPS) is 11.9. The molecule has 15 aromatic rings. The number of aromatic nitrogens is 5. The lowest BCUT2D eigenvalue weighted by Gasteiger charge is -2.16. The fourth-order valence-corrected chi connectivity index (χ4v) is 11.2. The van der Waals surface area contributed by atoms with Gasteiger partial charge in [-0.15, -0.1) is 0 Å². The van der Waals surface area contributed by atoms with E-state index in [4.69, 9.17) is 19.4 Å². The van der Waals surface area contributed by atoms with Gasteiger partial charge in [-0.3, -0.25) is 0 Å². The number of hydrogen-bond donors (Lipinski definition) is 0. The van der Waals surface area contributed by atoms with Crippen molar-refractivity contribution in [1.29, 1.82) is 0 Å². The van der Waals surface area contributed by atoms with Gasteiger partial charge in [-0.2, -0.15) is 0 Å². The summed E-state index contributed by atoms with van der Waals surface area (Å²) in [6.45, 7) is 0. The van der Waals surface area contributed by atoms with Crippen LogP contribution < -0.4 is 0 Å². The molecule has 6 nitrogen and oxygen atoms in total. The number of nitrogens with zero attached hydrogens (tertiary/aromatic N) is 5. The Kier molecular flexibility index (Phi) is 8.56. The molecule has 0 aliphatic rings. The van der Waals surface area contributed by atoms with Crippen molar-refractivity contribution >= 4 is 87.1 Å². The van der Waals surface area contributed by atoms with E-state index in [2.05, 4.69) is 228 Å². The number of fused-ring (bicyclic) bond motifs is 11. The van der Waals surface area contributed by atoms with Crippen molar-refractivity contribution in [3.8, 4) is 56.7 Å². The van der Waals surface area contributed by atoms with Gasteiger partial charge < -0.3 is 13.6 Å². The van der Waals surface area contributed by atoms with Crippen LogP contribution in [-0.4, -0.2) is 24.1 Å². The minimum absolute atomic E-state index is 0.572. The molecule has 330 valence electrons. The molecule has 71 heavy (non-hydrogen) atoms. The molecule has 0 unspecified atom stereocenters. The predicted octanol–water partition coefficient (Wildman–Crippen LogP) is 16.9. The lowest BCUT2D eigenvalue weighted by molar-refractivity contribution is 0.669. The zero-order chi connectivity index (χ0) is 46.6. The molecule has 0 N–H and O–H groups in total. The van der Waals surface area contributed by atoms with Crippen molar-refractivity contribution in [1.82, 2.24) is 24.1 Å². The third kappa shape index (κ3) is 6.11. The van der Waals surface area contributed by atoms with Crippen molar-refractivity contribution in [2.45, 2.75) is 0 Å². The third-order valence-corrected chi connectivity index (χ3v) is 14.3. The van der Waals surface area contributed by atoms with Crippen LogP contribution in [-0.2, 0) is 0 Å². The first-order valence-corrected chi connectivity index (χ1v) is 24.0. The molecule has 0 bridgehead atoms. The van der Waals surface area contributed by atoms with Gasteiger partial charge in [0.05, 0.1) is 22.1 Å². The molecule has 0 spiro atoms. The van der Waals surface area contributed by atoms with Crippen LogP contribution in [0.3, 0.4) is 0 Å². The number of benzene rings is 11. The summed E-state index contributed by atoms with van der Waals surface area (Å²) in [6.07, 6.45) is 0. The molecule has 0 saturated carbocycles. The number of hydrogen-bond acceptors (Lipinski definition) is 4. The Morgan fingerprint density at radius 1 is 0.282 bits per heavy atom. The Morgan fingerprint density at radius 3 is 1.62 bits per heavy atom. The van der Waals surface area contributed by atoms with Gasteiger partial charge in [0, 0.05) is 60.4 Å². The van der Waals surface area contributed by atoms with E-state index >= 15 is 0 Å². The van der Waals surface area contributed by atoms with Gasteiger partial charge in [0.2, 0.25) is 0 Å². The second-order valence-corrected chi connectivity index (χ2v) is 18.3. The summed E-state index contributed by atoms with van der Waals surface area (Å²) in [5.41, 5.74) is 12.9. The maximum atomic E-state index is 6.74. The summed E-state index contributed by atoms with van der Waals surface area (Å²) in [7, 11) is 0. The molecule has 0 amide bonds. The monoisotopic (exact) mass is 905 g/mol. The SMILES string of the molecule is c1ccc(-c2nc(-c3ccc(-n4c5ccccc5c5cc6ccccc6cc54)cc3-c3cccc4oc5cc6ccccc6cc5c34)nc(-c3cccc4c3c3ccccc3n4-c3ccccc3)n2)cc1. The van der Waals surface area contributed by atoms with E-state index in [0.717, 1.165) is 105 Å². The number of furan rings is 1. The van der Waals surface area contributed by atoms with Crippen LogP contribution >= 0.6 is 0 Å². The zero-order valence-corrected chi connectivity index (χ0v) is 38.2. The average Bonchev–Trinajstić information content (AvgIpc) is 4.09. The topological polar surface area (TPSA) is 61.7 Å². The van der Waals surface area contributed by atoms with Crippen LogP contribution in [0.4, 0.5) is 0 Å². The fourth-order valence-electron chi connectivity index (χ4n) is 11.2. The Morgan fingerprint density at radius 2 is 0.845 bits per heavy atom. The average molecular weight is 906 g/mol. The van der Waals surface area contributed by atoms with Crippen molar-refractivity contribution in [2.75, 3.05) is 0 Å². The van der Waals surface area contributed by atoms with Crippen LogP contribution in [0, 0.1) is 0 Å². The van der Waals surface area contributed by atoms with Gasteiger partial charge in [0.1, 0.15) is 11.2 Å². The van der Waals surface area contributed by atoms with E-state index in [1.54, 1.807) is 0 Å². The molecule has 0 radical (unpaired) electrons. The quantitative estimate of drug-likeness (QED) is 0.167. The van der Waals surface area contributed by atoms with Gasteiger partial charge >= 0.3 is 0 Å². The minimum Gasteiger partial charge on any atom is -0.456 e. The van der Waals surface area contributed by atoms with Crippen molar-refractivity contribution in [3.05, 3.63) is 237 Å². The predicted molar refractivity (Wildman–Crippen MR) is 293 cm³/mol. The zero-order valence-electron chi connectivity index (χ0n) is 38.2. The first kappa shape index (κ1) is 39.4. The Hall–Kier alpha value is -9.65. The standard InChI is InChI=1S/C65H39N5O/c1-3-17-40(18-4-1)63-66-64(68-65(67-63)51-28-15-31-57-61(51)50-26-12-14-30-56(50)69(57)45-23-5-2-6-24-45)49-34-33-46(70-55-29-13-11-25-47(55)53-35-41-19-7-9-21-43(41)37-58(53)70)39-52(49)48-27-16-32-59-62(48)54-36-42-20-8-10-22-44(42)38-60(54)71-59/h1-39H. The lowest BCUT2D eigenvalue weighted by Crippen LogP contribution is -2.02. The summed E-state index contributed by atoms with van der Waals surface area (Å²) in [5.74, 6) is 1.76. The van der Waals surface area contributed by atoms with E-state index in [1.807, 2.05) is 18.2 Å². The summed E-state index contributed by atoms with van der Waals surface area (Å²) < 4.78 is 11.5. The lowest BCUT2D eigenvalue weighted by atomic mass is 9.93. The third-order valence-electron chi connectivity index (χ3n) is 14.3. The van der Waals surface area contributed by atoms with E-state index in [0.29, 0.717) is 17.5 Å². The number of para-hydroxylation sites is 3. The van der Waals surface area contributed by atoms with Crippen LogP contribution in [0.25, 0.3) is 144 Å². The number of rotatable bonds is 6. The molecule has 4 heterocycles. The second kappa shape index (κ2) is 15.4.